The Hall–Kier alpha value is -4.53. The third-order valence-corrected chi connectivity index (χ3v) is 6.06. The molecule has 1 amide bonds. The molecule has 1 aromatic heterocycles. The van der Waals surface area contributed by atoms with Crippen LogP contribution in [0.25, 0.3) is 5.76 Å². The van der Waals surface area contributed by atoms with E-state index in [2.05, 4.69) is 4.98 Å². The topological polar surface area (TPSA) is 123 Å². The van der Waals surface area contributed by atoms with Gasteiger partial charge in [-0.05, 0) is 65.9 Å². The van der Waals surface area contributed by atoms with Crippen LogP contribution in [0, 0.1) is 23.0 Å². The molecule has 1 aliphatic heterocycles. The number of hydrogen-bond donors (Lipinski definition) is 1. The maximum atomic E-state index is 13.3. The summed E-state index contributed by atoms with van der Waals surface area (Å²) in [6.07, 6.45) is 3.19. The molecule has 2 heterocycles. The molecule has 1 N–H and O–H groups in total. The van der Waals surface area contributed by atoms with Gasteiger partial charge in [-0.3, -0.25) is 24.7 Å². The van der Waals surface area contributed by atoms with Crippen LogP contribution in [0.15, 0.2) is 72.6 Å². The van der Waals surface area contributed by atoms with Crippen LogP contribution in [-0.4, -0.2) is 38.2 Å². The summed E-state index contributed by atoms with van der Waals surface area (Å²) in [5.74, 6) is -0.932. The summed E-state index contributed by atoms with van der Waals surface area (Å²) in [7, 11) is 0. The molecule has 1 aliphatic rings. The number of nitro groups is 1. The molecule has 9 nitrogen and oxygen atoms in total. The van der Waals surface area contributed by atoms with Crippen LogP contribution in [0.1, 0.15) is 42.1 Å². The van der Waals surface area contributed by atoms with Crippen molar-refractivity contribution in [3.05, 3.63) is 105 Å². The van der Waals surface area contributed by atoms with Crippen molar-refractivity contribution >= 4 is 23.1 Å². The monoisotopic (exact) mass is 501 g/mol. The number of amides is 1. The number of ketones is 1. The number of benzene rings is 2. The van der Waals surface area contributed by atoms with Gasteiger partial charge in [0.25, 0.3) is 17.4 Å². The molecule has 0 aliphatic carbocycles. The third-order valence-electron chi connectivity index (χ3n) is 6.06. The number of nitro benzene ring substituents is 1. The number of hydrogen-bond acceptors (Lipinski definition) is 7. The minimum absolute atomic E-state index is 0.0673. The van der Waals surface area contributed by atoms with Crippen molar-refractivity contribution < 1.29 is 24.4 Å². The zero-order valence-corrected chi connectivity index (χ0v) is 20.7. The number of likely N-dealkylation sites (tertiary alicyclic amines) is 1. The van der Waals surface area contributed by atoms with E-state index in [0.717, 1.165) is 5.56 Å². The summed E-state index contributed by atoms with van der Waals surface area (Å²) in [6.45, 7) is 6.52. The average molecular weight is 502 g/mol. The van der Waals surface area contributed by atoms with E-state index in [1.165, 1.54) is 29.2 Å². The normalized spacial score (nSPS) is 16.9. The second-order valence-electron chi connectivity index (χ2n) is 9.32. The van der Waals surface area contributed by atoms with E-state index in [1.807, 2.05) is 20.8 Å². The minimum atomic E-state index is -0.946. The molecule has 1 fully saturated rings. The van der Waals surface area contributed by atoms with Gasteiger partial charge >= 0.3 is 0 Å². The molecule has 1 saturated heterocycles. The highest BCUT2D eigenvalue weighted by molar-refractivity contribution is 6.46. The quantitative estimate of drug-likeness (QED) is 0.152. The zero-order chi connectivity index (χ0) is 26.7. The molecular weight excluding hydrogens is 474 g/mol. The molecule has 37 heavy (non-hydrogen) atoms. The number of carbonyl (C=O) groups excluding carboxylic acids is 2. The highest BCUT2D eigenvalue weighted by atomic mass is 16.6. The number of ether oxygens (including phenoxy) is 1. The minimum Gasteiger partial charge on any atom is -0.507 e. The van der Waals surface area contributed by atoms with Crippen molar-refractivity contribution in [3.63, 3.8) is 0 Å². The number of nitrogens with zero attached hydrogens (tertiary/aromatic N) is 3. The summed E-state index contributed by atoms with van der Waals surface area (Å²) in [4.78, 5) is 42.5. The maximum Gasteiger partial charge on any atom is 0.295 e. The average Bonchev–Trinajstić information content (AvgIpc) is 3.13. The predicted octanol–water partition coefficient (Wildman–Crippen LogP) is 4.95. The lowest BCUT2D eigenvalue weighted by molar-refractivity contribution is -0.384. The summed E-state index contributed by atoms with van der Waals surface area (Å²) in [6, 6.07) is 13.2. The number of aryl methyl sites for hydroxylation is 1. The van der Waals surface area contributed by atoms with Crippen LogP contribution in [0.3, 0.4) is 0 Å². The van der Waals surface area contributed by atoms with E-state index in [0.29, 0.717) is 35.0 Å². The molecule has 1 atom stereocenters. The fraction of sp³-hybridized carbons (Fsp3) is 0.250. The number of pyridine rings is 1. The fourth-order valence-corrected chi connectivity index (χ4v) is 4.23. The van der Waals surface area contributed by atoms with Crippen molar-refractivity contribution in [1.82, 2.24) is 9.88 Å². The second-order valence-corrected chi connectivity index (χ2v) is 9.32. The number of aromatic nitrogens is 1. The maximum absolute atomic E-state index is 13.3. The van der Waals surface area contributed by atoms with E-state index >= 15 is 0 Å². The number of rotatable bonds is 8. The molecule has 4 rings (SSSR count). The number of aliphatic hydroxyl groups excluding tert-OH is 1. The summed E-state index contributed by atoms with van der Waals surface area (Å²) in [5, 5.41) is 22.5. The van der Waals surface area contributed by atoms with Crippen molar-refractivity contribution in [1.29, 1.82) is 0 Å². The lowest BCUT2D eigenvalue weighted by Crippen LogP contribution is -2.29. The van der Waals surface area contributed by atoms with Gasteiger partial charge in [-0.15, -0.1) is 0 Å². The molecule has 0 spiro atoms. The van der Waals surface area contributed by atoms with Gasteiger partial charge in [-0.2, -0.15) is 0 Å². The van der Waals surface area contributed by atoms with Gasteiger partial charge in [0.1, 0.15) is 11.5 Å². The summed E-state index contributed by atoms with van der Waals surface area (Å²) >= 11 is 0. The molecule has 0 radical (unpaired) electrons. The van der Waals surface area contributed by atoms with E-state index in [4.69, 9.17) is 4.74 Å². The van der Waals surface area contributed by atoms with Crippen LogP contribution in [0.5, 0.6) is 5.75 Å². The van der Waals surface area contributed by atoms with E-state index < -0.39 is 22.7 Å². The number of Topliss-reactive ketones (excluding diaryl/α,β-unsaturated/α-hetero) is 1. The first-order valence-corrected chi connectivity index (χ1v) is 11.8. The van der Waals surface area contributed by atoms with Crippen molar-refractivity contribution in [2.24, 2.45) is 5.92 Å². The van der Waals surface area contributed by atoms with Gasteiger partial charge in [-0.1, -0.05) is 19.9 Å². The first kappa shape index (κ1) is 25.6. The van der Waals surface area contributed by atoms with Crippen LogP contribution in [-0.2, 0) is 16.1 Å². The SMILES string of the molecule is Cc1cc(/C(O)=C2\C(=O)C(=O)N(Cc3cccnc3)[C@@H]2c2ccc([N+](=O)[O-])cc2)ccc1OCC(C)C. The number of aliphatic hydroxyl groups is 1. The first-order valence-electron chi connectivity index (χ1n) is 11.8. The molecule has 2 aromatic carbocycles. The number of carbonyl (C=O) groups is 2. The standard InChI is InChI=1S/C28H27N3O6/c1-17(2)16-37-23-11-8-21(13-18(23)3)26(32)24-25(20-6-9-22(10-7-20)31(35)36)30(28(34)27(24)33)15-19-5-4-12-29-14-19/h4-14,17,25,32H,15-16H2,1-3H3/b26-24+/t25-/m1/s1. The Balaban J connectivity index is 1.80. The fourth-order valence-electron chi connectivity index (χ4n) is 4.23. The Morgan fingerprint density at radius 3 is 2.49 bits per heavy atom. The molecule has 9 heteroatoms. The number of non-ortho nitro benzene ring substituents is 1. The van der Waals surface area contributed by atoms with Crippen LogP contribution < -0.4 is 4.74 Å². The molecular formula is C28H27N3O6. The second kappa shape index (κ2) is 10.6. The van der Waals surface area contributed by atoms with E-state index in [-0.39, 0.29) is 23.6 Å². The largest absolute Gasteiger partial charge is 0.507 e. The van der Waals surface area contributed by atoms with Crippen LogP contribution >= 0.6 is 0 Å². The lowest BCUT2D eigenvalue weighted by Gasteiger charge is -2.25. The Labute approximate surface area is 214 Å². The molecule has 0 unspecified atom stereocenters. The van der Waals surface area contributed by atoms with Gasteiger partial charge in [0.15, 0.2) is 0 Å². The van der Waals surface area contributed by atoms with Crippen molar-refractivity contribution in [2.75, 3.05) is 6.61 Å². The van der Waals surface area contributed by atoms with Gasteiger partial charge in [0, 0.05) is 36.6 Å². The predicted molar refractivity (Wildman–Crippen MR) is 137 cm³/mol. The smallest absolute Gasteiger partial charge is 0.295 e. The molecule has 0 bridgehead atoms. The van der Waals surface area contributed by atoms with Crippen molar-refractivity contribution in [2.45, 2.75) is 33.4 Å². The highest BCUT2D eigenvalue weighted by Crippen LogP contribution is 2.41. The van der Waals surface area contributed by atoms with E-state index in [9.17, 15) is 24.8 Å². The van der Waals surface area contributed by atoms with Gasteiger partial charge in [0.05, 0.1) is 23.1 Å². The Morgan fingerprint density at radius 1 is 1.16 bits per heavy atom. The molecule has 190 valence electrons. The van der Waals surface area contributed by atoms with Crippen LogP contribution in [0.2, 0.25) is 0 Å². The van der Waals surface area contributed by atoms with Crippen LogP contribution in [0.4, 0.5) is 5.69 Å². The third kappa shape index (κ3) is 5.35. The first-order chi connectivity index (χ1) is 17.7. The molecule has 3 aromatic rings. The zero-order valence-electron chi connectivity index (χ0n) is 20.7. The van der Waals surface area contributed by atoms with E-state index in [1.54, 1.807) is 42.7 Å². The summed E-state index contributed by atoms with van der Waals surface area (Å²) < 4.78 is 5.81. The van der Waals surface area contributed by atoms with Gasteiger partial charge in [-0.25, -0.2) is 0 Å². The highest BCUT2D eigenvalue weighted by Gasteiger charge is 2.46. The Kier molecular flexibility index (Phi) is 7.33. The lowest BCUT2D eigenvalue weighted by atomic mass is 9.94. The Bertz CT molecular complexity index is 1370. The molecule has 0 saturated carbocycles. The van der Waals surface area contributed by atoms with Gasteiger partial charge < -0.3 is 14.7 Å². The summed E-state index contributed by atoms with van der Waals surface area (Å²) in [5.41, 5.74) is 2.07. The Morgan fingerprint density at radius 2 is 1.89 bits per heavy atom. The van der Waals surface area contributed by atoms with Crippen molar-refractivity contribution in [3.8, 4) is 5.75 Å². The van der Waals surface area contributed by atoms with Gasteiger partial charge in [0.2, 0.25) is 0 Å².